The summed E-state index contributed by atoms with van der Waals surface area (Å²) >= 11 is 0. The molecule has 1 fully saturated rings. The van der Waals surface area contributed by atoms with Crippen molar-refractivity contribution in [3.8, 4) is 0 Å². The van der Waals surface area contributed by atoms with Gasteiger partial charge in [-0.25, -0.2) is 4.52 Å². The molecule has 1 aliphatic heterocycles. The maximum Gasteiger partial charge on any atom is 0.0664 e. The van der Waals surface area contributed by atoms with Crippen molar-refractivity contribution in [1.82, 2.24) is 14.9 Å². The van der Waals surface area contributed by atoms with Gasteiger partial charge in [0.15, 0.2) is 0 Å². The second-order valence-electron chi connectivity index (χ2n) is 4.16. The Morgan fingerprint density at radius 3 is 3.20 bits per heavy atom. The predicted molar refractivity (Wildman–Crippen MR) is 60.0 cm³/mol. The molecule has 15 heavy (non-hydrogen) atoms. The van der Waals surface area contributed by atoms with Crippen LogP contribution in [-0.4, -0.2) is 22.7 Å². The molecule has 1 aliphatic rings. The summed E-state index contributed by atoms with van der Waals surface area (Å²) in [7, 11) is 0. The van der Waals surface area contributed by atoms with Crippen molar-refractivity contribution < 1.29 is 0 Å². The highest BCUT2D eigenvalue weighted by Crippen LogP contribution is 2.23. The molecule has 0 spiro atoms. The van der Waals surface area contributed by atoms with Gasteiger partial charge in [0, 0.05) is 24.4 Å². The van der Waals surface area contributed by atoms with Crippen molar-refractivity contribution in [1.29, 1.82) is 0 Å². The number of fused-ring (bicyclic) bond motifs is 1. The monoisotopic (exact) mass is 201 g/mol. The lowest BCUT2D eigenvalue weighted by molar-refractivity contribution is 0.449. The molecule has 0 amide bonds. The lowest BCUT2D eigenvalue weighted by Gasteiger charge is -2.23. The average Bonchev–Trinajstić information content (AvgIpc) is 2.78. The zero-order chi connectivity index (χ0) is 10.1. The zero-order valence-corrected chi connectivity index (χ0v) is 8.69. The molecule has 0 aliphatic carbocycles. The summed E-state index contributed by atoms with van der Waals surface area (Å²) in [6.07, 6.45) is 4.41. The molecule has 0 aromatic carbocycles. The Labute approximate surface area is 89.1 Å². The fraction of sp³-hybridized carbons (Fsp3) is 0.417. The van der Waals surface area contributed by atoms with Gasteiger partial charge in [-0.2, -0.15) is 5.10 Å². The second kappa shape index (κ2) is 3.66. The molecular formula is C12H15N3. The van der Waals surface area contributed by atoms with Gasteiger partial charge in [0.25, 0.3) is 0 Å². The quantitative estimate of drug-likeness (QED) is 0.762. The summed E-state index contributed by atoms with van der Waals surface area (Å²) in [4.78, 5) is 0. The highest BCUT2D eigenvalue weighted by Gasteiger charge is 2.17. The molecule has 3 nitrogen and oxygen atoms in total. The van der Waals surface area contributed by atoms with Gasteiger partial charge in [-0.1, -0.05) is 6.07 Å². The first-order valence-electron chi connectivity index (χ1n) is 5.58. The third-order valence-corrected chi connectivity index (χ3v) is 3.17. The number of hydrogen-bond acceptors (Lipinski definition) is 2. The van der Waals surface area contributed by atoms with Gasteiger partial charge in [0.05, 0.1) is 5.52 Å². The van der Waals surface area contributed by atoms with Gasteiger partial charge in [-0.05, 0) is 37.6 Å². The standard InChI is InChI=1S/C12H15N3/c1-4-11-6-8-14-15(11)12(5-1)10-3-2-7-13-9-10/h1,4-6,8,10,13H,2-3,7,9H2. The predicted octanol–water partition coefficient (Wildman–Crippen LogP) is 1.80. The minimum atomic E-state index is 0.613. The maximum atomic E-state index is 4.38. The lowest BCUT2D eigenvalue weighted by atomic mass is 9.95. The van der Waals surface area contributed by atoms with Crippen LogP contribution in [0.25, 0.3) is 5.52 Å². The van der Waals surface area contributed by atoms with Crippen LogP contribution in [0.4, 0.5) is 0 Å². The fourth-order valence-electron chi connectivity index (χ4n) is 2.38. The first-order valence-corrected chi connectivity index (χ1v) is 5.58. The highest BCUT2D eigenvalue weighted by molar-refractivity contribution is 5.46. The van der Waals surface area contributed by atoms with Gasteiger partial charge in [0.1, 0.15) is 0 Å². The van der Waals surface area contributed by atoms with Crippen molar-refractivity contribution in [2.75, 3.05) is 13.1 Å². The molecule has 78 valence electrons. The first kappa shape index (κ1) is 8.92. The molecular weight excluding hydrogens is 186 g/mol. The summed E-state index contributed by atoms with van der Waals surface area (Å²) < 4.78 is 2.07. The van der Waals surface area contributed by atoms with Gasteiger partial charge in [-0.3, -0.25) is 0 Å². The van der Waals surface area contributed by atoms with Crippen LogP contribution >= 0.6 is 0 Å². The Kier molecular flexibility index (Phi) is 2.18. The molecule has 2 aromatic rings. The molecule has 3 rings (SSSR count). The maximum absolute atomic E-state index is 4.38. The molecule has 1 saturated heterocycles. The third kappa shape index (κ3) is 1.53. The number of hydrogen-bond donors (Lipinski definition) is 1. The number of piperidine rings is 1. The van der Waals surface area contributed by atoms with E-state index >= 15 is 0 Å². The summed E-state index contributed by atoms with van der Waals surface area (Å²) in [6.45, 7) is 2.24. The minimum absolute atomic E-state index is 0.613. The Bertz CT molecular complexity index is 455. The van der Waals surface area contributed by atoms with E-state index in [0.29, 0.717) is 5.92 Å². The van der Waals surface area contributed by atoms with Crippen molar-refractivity contribution in [3.63, 3.8) is 0 Å². The van der Waals surface area contributed by atoms with E-state index in [9.17, 15) is 0 Å². The summed E-state index contributed by atoms with van der Waals surface area (Å²) in [5.74, 6) is 0.613. The number of rotatable bonds is 1. The van der Waals surface area contributed by atoms with Crippen molar-refractivity contribution in [3.05, 3.63) is 36.2 Å². The van der Waals surface area contributed by atoms with E-state index in [1.807, 2.05) is 6.20 Å². The number of nitrogens with one attached hydrogen (secondary N) is 1. The molecule has 3 heteroatoms. The van der Waals surface area contributed by atoms with E-state index in [1.165, 1.54) is 24.1 Å². The summed E-state index contributed by atoms with van der Waals surface area (Å²) in [6, 6.07) is 8.48. The molecule has 1 unspecified atom stereocenters. The molecule has 3 heterocycles. The van der Waals surface area contributed by atoms with Crippen LogP contribution in [0.2, 0.25) is 0 Å². The lowest BCUT2D eigenvalue weighted by Crippen LogP contribution is -2.29. The summed E-state index contributed by atoms with van der Waals surface area (Å²) in [5.41, 5.74) is 2.53. The van der Waals surface area contributed by atoms with E-state index in [-0.39, 0.29) is 0 Å². The van der Waals surface area contributed by atoms with E-state index < -0.39 is 0 Å². The molecule has 1 N–H and O–H groups in total. The second-order valence-corrected chi connectivity index (χ2v) is 4.16. The molecule has 0 bridgehead atoms. The SMILES string of the molecule is c1cc(C2CCCNC2)n2nccc2c1. The third-order valence-electron chi connectivity index (χ3n) is 3.17. The smallest absolute Gasteiger partial charge is 0.0664 e. The molecule has 2 aromatic heterocycles. The highest BCUT2D eigenvalue weighted by atomic mass is 15.2. The van der Waals surface area contributed by atoms with Gasteiger partial charge < -0.3 is 5.32 Å². The molecule has 0 saturated carbocycles. The molecule has 0 radical (unpaired) electrons. The fourth-order valence-corrected chi connectivity index (χ4v) is 2.38. The Hall–Kier alpha value is -1.35. The van der Waals surface area contributed by atoms with E-state index in [4.69, 9.17) is 0 Å². The topological polar surface area (TPSA) is 29.3 Å². The minimum Gasteiger partial charge on any atom is -0.316 e. The van der Waals surface area contributed by atoms with Crippen LogP contribution < -0.4 is 5.32 Å². The average molecular weight is 201 g/mol. The van der Waals surface area contributed by atoms with Crippen LogP contribution in [0.1, 0.15) is 24.5 Å². The van der Waals surface area contributed by atoms with Crippen LogP contribution in [-0.2, 0) is 0 Å². The van der Waals surface area contributed by atoms with Gasteiger partial charge in [-0.15, -0.1) is 0 Å². The van der Waals surface area contributed by atoms with Crippen LogP contribution in [0, 0.1) is 0 Å². The Morgan fingerprint density at radius 2 is 2.33 bits per heavy atom. The Balaban J connectivity index is 2.05. The Morgan fingerprint density at radius 1 is 1.33 bits per heavy atom. The number of nitrogens with zero attached hydrogens (tertiary/aromatic N) is 2. The largest absolute Gasteiger partial charge is 0.316 e. The van der Waals surface area contributed by atoms with Crippen LogP contribution in [0.15, 0.2) is 30.5 Å². The zero-order valence-electron chi connectivity index (χ0n) is 8.69. The van der Waals surface area contributed by atoms with Gasteiger partial charge >= 0.3 is 0 Å². The van der Waals surface area contributed by atoms with Crippen LogP contribution in [0.3, 0.4) is 0 Å². The van der Waals surface area contributed by atoms with E-state index in [1.54, 1.807) is 0 Å². The van der Waals surface area contributed by atoms with E-state index in [0.717, 1.165) is 13.1 Å². The molecule has 1 atom stereocenters. The summed E-state index contributed by atoms with van der Waals surface area (Å²) in [5, 5.41) is 7.83. The number of pyridine rings is 1. The normalized spacial score (nSPS) is 22.0. The van der Waals surface area contributed by atoms with Crippen LogP contribution in [0.5, 0.6) is 0 Å². The van der Waals surface area contributed by atoms with Gasteiger partial charge in [0.2, 0.25) is 0 Å². The first-order chi connectivity index (χ1) is 7.45. The van der Waals surface area contributed by atoms with Crippen molar-refractivity contribution in [2.24, 2.45) is 0 Å². The van der Waals surface area contributed by atoms with E-state index in [2.05, 4.69) is 39.2 Å². The van der Waals surface area contributed by atoms with Crippen molar-refractivity contribution >= 4 is 5.52 Å². The van der Waals surface area contributed by atoms with Crippen molar-refractivity contribution in [2.45, 2.75) is 18.8 Å². The number of aromatic nitrogens is 2.